The zero-order valence-corrected chi connectivity index (χ0v) is 13.7. The van der Waals surface area contributed by atoms with E-state index in [9.17, 15) is 15.0 Å². The van der Waals surface area contributed by atoms with Crippen LogP contribution in [0.4, 0.5) is 0 Å². The number of aromatic hydroxyl groups is 3. The van der Waals surface area contributed by atoms with Gasteiger partial charge in [0.05, 0.1) is 0 Å². The molecule has 2 aromatic rings. The van der Waals surface area contributed by atoms with Gasteiger partial charge in [-0.2, -0.15) is 0 Å². The number of carbonyl (C=O) groups is 1. The number of phenolic OH excluding ortho intramolecular Hbond substituents is 3. The average molecular weight is 340 g/mol. The molecule has 0 saturated heterocycles. The van der Waals surface area contributed by atoms with Gasteiger partial charge in [-0.3, -0.25) is 0 Å². The molecule has 0 unspecified atom stereocenters. The van der Waals surface area contributed by atoms with Crippen molar-refractivity contribution in [2.45, 2.75) is 6.92 Å². The fourth-order valence-electron chi connectivity index (χ4n) is 1.74. The van der Waals surface area contributed by atoms with E-state index in [2.05, 4.69) is 0 Å². The largest absolute Gasteiger partial charge is 0.508 e. The van der Waals surface area contributed by atoms with E-state index in [0.717, 1.165) is 11.6 Å². The maximum absolute atomic E-state index is 9.75. The lowest BCUT2D eigenvalue weighted by Crippen LogP contribution is -1.83. The number of allylic oxidation sites excluding steroid dienone is 3. The van der Waals surface area contributed by atoms with Crippen molar-refractivity contribution in [1.82, 2.24) is 0 Å². The fraction of sp³-hybridized carbons (Fsp3) is 0.0500. The first-order chi connectivity index (χ1) is 11.9. The second kappa shape index (κ2) is 10.3. The monoisotopic (exact) mass is 340 g/mol. The molecule has 25 heavy (non-hydrogen) atoms. The highest BCUT2D eigenvalue weighted by atomic mass is 16.4. The number of rotatable bonds is 4. The van der Waals surface area contributed by atoms with Gasteiger partial charge in [0.1, 0.15) is 17.2 Å². The zero-order valence-electron chi connectivity index (χ0n) is 13.7. The van der Waals surface area contributed by atoms with Gasteiger partial charge in [0.2, 0.25) is 0 Å². The van der Waals surface area contributed by atoms with Gasteiger partial charge in [-0.15, -0.1) is 0 Å². The summed E-state index contributed by atoms with van der Waals surface area (Å²) in [6.45, 7) is 1.83. The molecule has 0 heterocycles. The molecule has 0 aliphatic carbocycles. The number of aliphatic carboxylic acids is 1. The number of benzene rings is 2. The molecule has 0 aromatic heterocycles. The van der Waals surface area contributed by atoms with Gasteiger partial charge < -0.3 is 20.4 Å². The molecule has 0 aliphatic rings. The van der Waals surface area contributed by atoms with Gasteiger partial charge in [-0.05, 0) is 42.3 Å². The van der Waals surface area contributed by atoms with Gasteiger partial charge in [-0.25, -0.2) is 4.79 Å². The Bertz CT molecular complexity index is 751. The summed E-state index contributed by atoms with van der Waals surface area (Å²) in [5.74, 6) is -0.647. The minimum Gasteiger partial charge on any atom is -0.508 e. The van der Waals surface area contributed by atoms with Crippen LogP contribution in [0.25, 0.3) is 12.2 Å². The van der Waals surface area contributed by atoms with Crippen molar-refractivity contribution < 1.29 is 25.2 Å². The minimum atomic E-state index is -0.914. The van der Waals surface area contributed by atoms with Gasteiger partial charge in [0.15, 0.2) is 0 Å². The Morgan fingerprint density at radius 2 is 1.36 bits per heavy atom. The lowest BCUT2D eigenvalue weighted by molar-refractivity contribution is -0.131. The van der Waals surface area contributed by atoms with Crippen LogP contribution < -0.4 is 0 Å². The lowest BCUT2D eigenvalue weighted by Gasteiger charge is -1.98. The van der Waals surface area contributed by atoms with Crippen molar-refractivity contribution in [3.63, 3.8) is 0 Å². The molecule has 5 heteroatoms. The SMILES string of the molecule is C/C=C/C=C/C(=O)O.Oc1ccc(C=Cc2cc(O)cc(O)c2)cc1. The normalized spacial score (nSPS) is 10.9. The van der Waals surface area contributed by atoms with E-state index in [-0.39, 0.29) is 17.2 Å². The maximum atomic E-state index is 9.75. The van der Waals surface area contributed by atoms with E-state index < -0.39 is 5.97 Å². The first kappa shape index (κ1) is 19.6. The quantitative estimate of drug-likeness (QED) is 0.380. The number of carboxylic acid groups (broad SMARTS) is 1. The molecule has 4 N–H and O–H groups in total. The van der Waals surface area contributed by atoms with Crippen molar-refractivity contribution >= 4 is 18.1 Å². The van der Waals surface area contributed by atoms with E-state index in [1.54, 1.807) is 54.6 Å². The molecule has 0 saturated carbocycles. The Kier molecular flexibility index (Phi) is 8.09. The topological polar surface area (TPSA) is 98.0 Å². The number of hydrogen-bond acceptors (Lipinski definition) is 4. The Hall–Kier alpha value is -3.47. The van der Waals surface area contributed by atoms with Crippen LogP contribution in [0, 0.1) is 0 Å². The van der Waals surface area contributed by atoms with Crippen LogP contribution in [0.5, 0.6) is 17.2 Å². The molecule has 0 aliphatic heterocycles. The van der Waals surface area contributed by atoms with Gasteiger partial charge in [0, 0.05) is 12.1 Å². The fourth-order valence-corrected chi connectivity index (χ4v) is 1.74. The molecule has 0 atom stereocenters. The molecule has 0 amide bonds. The second-order valence-corrected chi connectivity index (χ2v) is 4.93. The minimum absolute atomic E-state index is 0.0235. The summed E-state index contributed by atoms with van der Waals surface area (Å²) in [7, 11) is 0. The third kappa shape index (κ3) is 8.66. The first-order valence-electron chi connectivity index (χ1n) is 7.43. The molecule has 0 bridgehead atoms. The number of hydrogen-bond donors (Lipinski definition) is 4. The average Bonchev–Trinajstić information content (AvgIpc) is 2.54. The van der Waals surface area contributed by atoms with Gasteiger partial charge >= 0.3 is 5.97 Å². The van der Waals surface area contributed by atoms with Crippen LogP contribution in [0.2, 0.25) is 0 Å². The molecular formula is C20H20O5. The van der Waals surface area contributed by atoms with Crippen molar-refractivity contribution in [3.05, 3.63) is 77.9 Å². The molecule has 0 spiro atoms. The van der Waals surface area contributed by atoms with E-state index in [0.29, 0.717) is 5.56 Å². The first-order valence-corrected chi connectivity index (χ1v) is 7.43. The van der Waals surface area contributed by atoms with Gasteiger partial charge in [-0.1, -0.05) is 42.5 Å². The van der Waals surface area contributed by atoms with E-state index in [4.69, 9.17) is 10.2 Å². The van der Waals surface area contributed by atoms with Crippen LogP contribution in [0.15, 0.2) is 66.8 Å². The smallest absolute Gasteiger partial charge is 0.328 e. The summed E-state index contributed by atoms with van der Waals surface area (Å²) in [6, 6.07) is 11.1. The van der Waals surface area contributed by atoms with Crippen molar-refractivity contribution in [3.8, 4) is 17.2 Å². The van der Waals surface area contributed by atoms with Gasteiger partial charge in [0.25, 0.3) is 0 Å². The number of carboxylic acids is 1. The highest BCUT2D eigenvalue weighted by molar-refractivity contribution is 5.80. The highest BCUT2D eigenvalue weighted by Gasteiger charge is 1.95. The second-order valence-electron chi connectivity index (χ2n) is 4.93. The van der Waals surface area contributed by atoms with Crippen LogP contribution in [0.3, 0.4) is 0 Å². The summed E-state index contributed by atoms with van der Waals surface area (Å²) in [6.07, 6.45) is 9.58. The molecule has 0 radical (unpaired) electrons. The summed E-state index contributed by atoms with van der Waals surface area (Å²) in [5.41, 5.74) is 1.63. The summed E-state index contributed by atoms with van der Waals surface area (Å²) >= 11 is 0. The molecule has 0 fully saturated rings. The summed E-state index contributed by atoms with van der Waals surface area (Å²) in [4.78, 5) is 9.75. The Balaban J connectivity index is 0.000000333. The van der Waals surface area contributed by atoms with E-state index in [1.165, 1.54) is 12.1 Å². The van der Waals surface area contributed by atoms with Crippen molar-refractivity contribution in [1.29, 1.82) is 0 Å². The Labute approximate surface area is 146 Å². The molecule has 2 rings (SSSR count). The maximum Gasteiger partial charge on any atom is 0.328 e. The standard InChI is InChI=1S/C14H12O3.C6H8O2/c15-12-5-3-10(4-6-12)1-2-11-7-13(16)9-14(17)8-11;1-2-3-4-5-6(7)8/h1-9,15-17H;2-5H,1H3,(H,7,8)/b;3-2+,5-4+. The zero-order chi connectivity index (χ0) is 18.7. The van der Waals surface area contributed by atoms with E-state index in [1.807, 2.05) is 13.0 Å². The Morgan fingerprint density at radius 1 is 0.800 bits per heavy atom. The molecule has 130 valence electrons. The molecule has 5 nitrogen and oxygen atoms in total. The van der Waals surface area contributed by atoms with Crippen LogP contribution >= 0.6 is 0 Å². The summed E-state index contributed by atoms with van der Waals surface area (Å²) < 4.78 is 0. The van der Waals surface area contributed by atoms with E-state index >= 15 is 0 Å². The lowest BCUT2D eigenvalue weighted by atomic mass is 10.1. The predicted octanol–water partition coefficient (Wildman–Crippen LogP) is 4.18. The third-order valence-electron chi connectivity index (χ3n) is 2.83. The van der Waals surface area contributed by atoms with Crippen LogP contribution in [-0.2, 0) is 4.79 Å². The predicted molar refractivity (Wildman–Crippen MR) is 98.4 cm³/mol. The summed E-state index contributed by atoms with van der Waals surface area (Å²) in [5, 5.41) is 35.7. The Morgan fingerprint density at radius 3 is 1.88 bits per heavy atom. The third-order valence-corrected chi connectivity index (χ3v) is 2.83. The van der Waals surface area contributed by atoms with Crippen LogP contribution in [-0.4, -0.2) is 26.4 Å². The molecule has 2 aromatic carbocycles. The number of phenols is 3. The van der Waals surface area contributed by atoms with Crippen LogP contribution in [0.1, 0.15) is 18.1 Å². The van der Waals surface area contributed by atoms with Crippen molar-refractivity contribution in [2.24, 2.45) is 0 Å². The highest BCUT2D eigenvalue weighted by Crippen LogP contribution is 2.22. The van der Waals surface area contributed by atoms with Crippen molar-refractivity contribution in [2.75, 3.05) is 0 Å². The molecular weight excluding hydrogens is 320 g/mol.